The fourth-order valence-corrected chi connectivity index (χ4v) is 11.6. The predicted octanol–water partition coefficient (Wildman–Crippen LogP) is 12.3. The molecular weight excluding hydrogens is 754 g/mol. The van der Waals surface area contributed by atoms with Crippen molar-refractivity contribution in [1.29, 1.82) is 0 Å². The van der Waals surface area contributed by atoms with Crippen LogP contribution in [0.15, 0.2) is 103 Å². The van der Waals surface area contributed by atoms with E-state index < -0.39 is 0 Å². The molecule has 3 aliphatic carbocycles. The van der Waals surface area contributed by atoms with Crippen LogP contribution >= 0.6 is 31.9 Å². The molecule has 2 saturated carbocycles. The van der Waals surface area contributed by atoms with Gasteiger partial charge in [0.2, 0.25) is 0 Å². The summed E-state index contributed by atoms with van der Waals surface area (Å²) in [6.45, 7) is 10.6. The zero-order chi connectivity index (χ0) is 34.9. The molecule has 2 aliphatic heterocycles. The van der Waals surface area contributed by atoms with Gasteiger partial charge in [0.1, 0.15) is 0 Å². The molecule has 10 atom stereocenters. The van der Waals surface area contributed by atoms with E-state index >= 15 is 0 Å². The largest absolute Gasteiger partial charge is 0.310 e. The lowest BCUT2D eigenvalue weighted by atomic mass is 10.0. The number of benzene rings is 3. The Morgan fingerprint density at radius 1 is 0.608 bits per heavy atom. The van der Waals surface area contributed by atoms with Crippen molar-refractivity contribution in [2.45, 2.75) is 126 Å². The molecule has 0 amide bonds. The zero-order valence-corrected chi connectivity index (χ0v) is 33.9. The van der Waals surface area contributed by atoms with Crippen molar-refractivity contribution >= 4 is 31.9 Å². The molecule has 0 bridgehead atoms. The van der Waals surface area contributed by atoms with Gasteiger partial charge in [-0.2, -0.15) is 0 Å². The van der Waals surface area contributed by atoms with E-state index in [9.17, 15) is 0 Å². The molecule has 1 unspecified atom stereocenters. The van der Waals surface area contributed by atoms with Gasteiger partial charge >= 0.3 is 0 Å². The van der Waals surface area contributed by atoms with E-state index in [4.69, 9.17) is 0 Å². The number of alkyl halides is 2. The van der Waals surface area contributed by atoms with Crippen molar-refractivity contribution in [2.75, 3.05) is 19.6 Å². The maximum atomic E-state index is 3.88. The Hall–Kier alpha value is -1.76. The van der Waals surface area contributed by atoms with Gasteiger partial charge in [-0.25, -0.2) is 0 Å². The van der Waals surface area contributed by atoms with E-state index in [0.717, 1.165) is 36.4 Å². The van der Waals surface area contributed by atoms with E-state index in [1.54, 1.807) is 0 Å². The quantitative estimate of drug-likeness (QED) is 0.171. The number of likely N-dealkylation sites (tertiary alicyclic amines) is 2. The molecule has 8 rings (SSSR count). The summed E-state index contributed by atoms with van der Waals surface area (Å²) in [7, 11) is 0. The van der Waals surface area contributed by atoms with Crippen LogP contribution in [0, 0.1) is 17.8 Å². The second kappa shape index (κ2) is 20.1. The highest BCUT2D eigenvalue weighted by Crippen LogP contribution is 2.46. The zero-order valence-electron chi connectivity index (χ0n) is 30.7. The Balaban J connectivity index is 0.000000147. The Labute approximate surface area is 328 Å². The summed E-state index contributed by atoms with van der Waals surface area (Å²) >= 11 is 7.77. The second-order valence-corrected chi connectivity index (χ2v) is 17.9. The van der Waals surface area contributed by atoms with Crippen molar-refractivity contribution in [3.8, 4) is 0 Å². The Kier molecular flexibility index (Phi) is 15.9. The van der Waals surface area contributed by atoms with Crippen LogP contribution in [0.25, 0.3) is 0 Å². The fraction of sp³-hybridized carbons (Fsp3) is 0.565. The fourth-order valence-electron chi connectivity index (χ4n) is 9.57. The molecule has 1 N–H and O–H groups in total. The first kappa shape index (κ1) is 40.4. The van der Waals surface area contributed by atoms with Gasteiger partial charge in [-0.3, -0.25) is 9.80 Å². The van der Waals surface area contributed by atoms with Crippen molar-refractivity contribution in [1.82, 2.24) is 15.1 Å². The molecule has 2 heterocycles. The van der Waals surface area contributed by atoms with Crippen molar-refractivity contribution in [3.63, 3.8) is 0 Å². The predicted molar refractivity (Wildman–Crippen MR) is 227 cm³/mol. The number of allylic oxidation sites excluding steroid dienone is 2. The standard InChI is InChI=1S/2C15H20BrN.C15H21N.CH4/c2*1-11(12-5-3-2-4-6-12)17-10-9-13-7-8-14(16)15(13)17;1-13(15-9-3-2-4-10-15)16-12-11-14-7-5-6-8-14;/h2*2-6,11,13-15H,7-10H2,1H3;2-5,7,9-10,13-14,16H,6,8,11-12H2,1H3;1H4/t11-,13+,14-,15-;11-,13-,14+,15+;13-,14?;/m111./s1. The van der Waals surface area contributed by atoms with Gasteiger partial charge in [0.15, 0.2) is 0 Å². The van der Waals surface area contributed by atoms with Crippen molar-refractivity contribution < 1.29 is 0 Å². The summed E-state index contributed by atoms with van der Waals surface area (Å²) in [5.41, 5.74) is 4.30. The molecule has 0 aromatic heterocycles. The second-order valence-electron chi connectivity index (χ2n) is 15.6. The van der Waals surface area contributed by atoms with E-state index in [2.05, 4.69) is 171 Å². The average molecular weight is 820 g/mol. The lowest BCUT2D eigenvalue weighted by Gasteiger charge is -2.32. The third-order valence-electron chi connectivity index (χ3n) is 12.6. The molecule has 4 fully saturated rings. The molecular formula is C46H65Br2N3. The van der Waals surface area contributed by atoms with Gasteiger partial charge < -0.3 is 5.32 Å². The maximum Gasteiger partial charge on any atom is 0.0323 e. The van der Waals surface area contributed by atoms with E-state index in [-0.39, 0.29) is 7.43 Å². The normalized spacial score (nSPS) is 29.9. The smallest absolute Gasteiger partial charge is 0.0323 e. The summed E-state index contributed by atoms with van der Waals surface area (Å²) in [5.74, 6) is 2.69. The van der Waals surface area contributed by atoms with Crippen molar-refractivity contribution in [3.05, 3.63) is 120 Å². The summed E-state index contributed by atoms with van der Waals surface area (Å²) in [6.07, 6.45) is 16.9. The topological polar surface area (TPSA) is 18.5 Å². The number of fused-ring (bicyclic) bond motifs is 2. The highest BCUT2D eigenvalue weighted by molar-refractivity contribution is 9.09. The highest BCUT2D eigenvalue weighted by atomic mass is 79.9. The molecule has 5 heteroatoms. The molecule has 3 aromatic carbocycles. The van der Waals surface area contributed by atoms with Crippen molar-refractivity contribution in [2.24, 2.45) is 17.8 Å². The number of nitrogens with zero attached hydrogens (tertiary/aromatic N) is 2. The van der Waals surface area contributed by atoms with Crippen LogP contribution in [0.4, 0.5) is 0 Å². The minimum atomic E-state index is 0. The molecule has 278 valence electrons. The first-order valence-corrected chi connectivity index (χ1v) is 21.6. The third-order valence-corrected chi connectivity index (χ3v) is 14.6. The average Bonchev–Trinajstić information content (AvgIpc) is 4.01. The maximum absolute atomic E-state index is 3.88. The summed E-state index contributed by atoms with van der Waals surface area (Å²) < 4.78 is 0. The molecule has 3 aromatic rings. The van der Waals surface area contributed by atoms with Gasteiger partial charge in [0.25, 0.3) is 0 Å². The summed E-state index contributed by atoms with van der Waals surface area (Å²) in [5, 5.41) is 3.59. The van der Waals surface area contributed by atoms with Gasteiger partial charge in [-0.05, 0) is 133 Å². The first-order valence-electron chi connectivity index (χ1n) is 19.7. The molecule has 0 spiro atoms. The molecule has 0 radical (unpaired) electrons. The number of nitrogens with one attached hydrogen (secondary N) is 1. The number of hydrogen-bond acceptors (Lipinski definition) is 3. The summed E-state index contributed by atoms with van der Waals surface area (Å²) in [6, 6.07) is 35.6. The number of hydrogen-bond donors (Lipinski definition) is 1. The monoisotopic (exact) mass is 817 g/mol. The van der Waals surface area contributed by atoms with Crippen LogP contribution in [-0.4, -0.2) is 51.2 Å². The van der Waals surface area contributed by atoms with Gasteiger partial charge in [-0.15, -0.1) is 0 Å². The van der Waals surface area contributed by atoms with Gasteiger partial charge in [0, 0.05) is 39.9 Å². The van der Waals surface area contributed by atoms with Gasteiger partial charge in [0.05, 0.1) is 0 Å². The molecule has 2 saturated heterocycles. The highest BCUT2D eigenvalue weighted by Gasteiger charge is 2.45. The van der Waals surface area contributed by atoms with Crippen LogP contribution in [0.3, 0.4) is 0 Å². The van der Waals surface area contributed by atoms with Gasteiger partial charge in [-0.1, -0.05) is 142 Å². The SMILES string of the molecule is C.C[C@@H](NCCC1C=CCC1)c1ccccc1.C[C@H](c1ccccc1)N1CC[C@@H]2CC[C@@H](Br)[C@@H]21.C[C@H](c1ccccc1)N1CC[C@H]2CC[C@H](Br)[C@H]21. The Bertz CT molecular complexity index is 1360. The van der Waals surface area contributed by atoms with Crippen LogP contribution in [0.2, 0.25) is 0 Å². The van der Waals surface area contributed by atoms with E-state index in [1.807, 2.05) is 0 Å². The number of rotatable bonds is 9. The number of halogens is 2. The van der Waals surface area contributed by atoms with E-state index in [0.29, 0.717) is 27.8 Å². The van der Waals surface area contributed by atoms with E-state index in [1.165, 1.54) is 87.6 Å². The lowest BCUT2D eigenvalue weighted by molar-refractivity contribution is 0.188. The Morgan fingerprint density at radius 2 is 1.06 bits per heavy atom. The van der Waals surface area contributed by atoms with Crippen LogP contribution in [0.1, 0.15) is 121 Å². The molecule has 5 aliphatic rings. The van der Waals surface area contributed by atoms with Crippen LogP contribution in [0.5, 0.6) is 0 Å². The molecule has 3 nitrogen and oxygen atoms in total. The molecule has 51 heavy (non-hydrogen) atoms. The van der Waals surface area contributed by atoms with Crippen LogP contribution < -0.4 is 5.32 Å². The minimum absolute atomic E-state index is 0. The lowest BCUT2D eigenvalue weighted by Crippen LogP contribution is -2.37. The minimum Gasteiger partial charge on any atom is -0.310 e. The third kappa shape index (κ3) is 10.5. The summed E-state index contributed by atoms with van der Waals surface area (Å²) in [4.78, 5) is 6.85. The Morgan fingerprint density at radius 3 is 1.49 bits per heavy atom. The first-order chi connectivity index (χ1) is 24.4. The van der Waals surface area contributed by atoms with Crippen LogP contribution in [-0.2, 0) is 0 Å².